The molecule has 0 aromatic heterocycles. The topological polar surface area (TPSA) is 93.7 Å². The highest BCUT2D eigenvalue weighted by molar-refractivity contribution is 7.89. The van der Waals surface area contributed by atoms with Gasteiger partial charge in [-0.05, 0) is 49.1 Å². The Kier molecular flexibility index (Phi) is 4.91. The third kappa shape index (κ3) is 4.83. The van der Waals surface area contributed by atoms with Gasteiger partial charge < -0.3 is 14.8 Å². The molecule has 154 valence electrons. The van der Waals surface area contributed by atoms with E-state index >= 15 is 0 Å². The molecule has 0 bridgehead atoms. The number of amides is 1. The lowest BCUT2D eigenvalue weighted by Crippen LogP contribution is -2.25. The van der Waals surface area contributed by atoms with E-state index in [9.17, 15) is 22.0 Å². The second kappa shape index (κ2) is 7.27. The van der Waals surface area contributed by atoms with Gasteiger partial charge in [-0.2, -0.15) is 0 Å². The van der Waals surface area contributed by atoms with Crippen LogP contribution in [0.25, 0.3) is 0 Å². The molecule has 1 aliphatic heterocycles. The Labute approximate surface area is 166 Å². The summed E-state index contributed by atoms with van der Waals surface area (Å²) in [7, 11) is -3.50. The summed E-state index contributed by atoms with van der Waals surface area (Å²) in [6.07, 6.45) is -1.46. The van der Waals surface area contributed by atoms with E-state index < -0.39 is 16.3 Å². The van der Waals surface area contributed by atoms with E-state index in [0.29, 0.717) is 12.1 Å². The van der Waals surface area contributed by atoms with Gasteiger partial charge in [0.15, 0.2) is 11.5 Å². The minimum atomic E-state index is -3.71. The van der Waals surface area contributed by atoms with Crippen molar-refractivity contribution < 1.29 is 31.5 Å². The number of carbonyl (C=O) groups is 1. The highest BCUT2D eigenvalue weighted by atomic mass is 32.2. The van der Waals surface area contributed by atoms with Gasteiger partial charge in [-0.25, -0.2) is 13.1 Å². The summed E-state index contributed by atoms with van der Waals surface area (Å²) in [4.78, 5) is 12.3. The number of hydrogen-bond donors (Lipinski definition) is 2. The van der Waals surface area contributed by atoms with Gasteiger partial charge >= 0.3 is 6.29 Å². The quantitative estimate of drug-likeness (QED) is 0.713. The summed E-state index contributed by atoms with van der Waals surface area (Å²) in [5.41, 5.74) is 1.11. The number of carbonyl (C=O) groups excluding carboxylic acids is 1. The summed E-state index contributed by atoms with van der Waals surface area (Å²) in [5, 5.41) is 2.61. The maximum atomic E-state index is 13.0. The monoisotopic (exact) mass is 424 g/mol. The summed E-state index contributed by atoms with van der Waals surface area (Å²) >= 11 is 0. The highest BCUT2D eigenvalue weighted by Gasteiger charge is 2.43. The van der Waals surface area contributed by atoms with Crippen LogP contribution in [0.4, 0.5) is 14.5 Å². The lowest BCUT2D eigenvalue weighted by molar-refractivity contribution is -0.286. The van der Waals surface area contributed by atoms with Gasteiger partial charge in [0.2, 0.25) is 15.9 Å². The molecule has 10 heteroatoms. The van der Waals surface area contributed by atoms with Gasteiger partial charge in [-0.1, -0.05) is 12.1 Å². The number of nitrogens with one attached hydrogen (secondary N) is 2. The van der Waals surface area contributed by atoms with E-state index in [0.717, 1.165) is 18.4 Å². The summed E-state index contributed by atoms with van der Waals surface area (Å²) in [6.45, 7) is 0. The minimum Gasteiger partial charge on any atom is -0.395 e. The smallest absolute Gasteiger partial charge is 0.395 e. The Balaban J connectivity index is 1.31. The van der Waals surface area contributed by atoms with Gasteiger partial charge in [-0.15, -0.1) is 8.78 Å². The minimum absolute atomic E-state index is 0.0331. The first-order valence-electron chi connectivity index (χ1n) is 9.01. The Morgan fingerprint density at radius 3 is 2.45 bits per heavy atom. The van der Waals surface area contributed by atoms with Crippen molar-refractivity contribution in [2.45, 2.75) is 42.9 Å². The number of hydrogen-bond acceptors (Lipinski definition) is 5. The van der Waals surface area contributed by atoms with Gasteiger partial charge in [-0.3, -0.25) is 4.79 Å². The molecule has 0 saturated heterocycles. The van der Waals surface area contributed by atoms with Crippen LogP contribution in [0.2, 0.25) is 0 Å². The van der Waals surface area contributed by atoms with E-state index in [1.165, 1.54) is 30.3 Å². The molecular formula is C19H18F2N2O5S. The van der Waals surface area contributed by atoms with Crippen molar-refractivity contribution >= 4 is 21.6 Å². The first-order chi connectivity index (χ1) is 13.7. The largest absolute Gasteiger partial charge is 0.586 e. The molecule has 0 atom stereocenters. The van der Waals surface area contributed by atoms with Crippen LogP contribution in [0, 0.1) is 0 Å². The van der Waals surface area contributed by atoms with Crippen LogP contribution in [-0.4, -0.2) is 26.7 Å². The number of rotatable bonds is 7. The molecule has 1 saturated carbocycles. The van der Waals surface area contributed by atoms with Crippen molar-refractivity contribution in [1.82, 2.24) is 4.72 Å². The Bertz CT molecular complexity index is 1040. The fraction of sp³-hybridized carbons (Fsp3) is 0.316. The molecule has 4 rings (SSSR count). The molecule has 1 heterocycles. The Morgan fingerprint density at radius 2 is 1.76 bits per heavy atom. The van der Waals surface area contributed by atoms with Crippen LogP contribution < -0.4 is 19.5 Å². The summed E-state index contributed by atoms with van der Waals surface area (Å²) in [6, 6.07) is 10.4. The third-order valence-electron chi connectivity index (χ3n) is 4.46. The average Bonchev–Trinajstić information content (AvgIpc) is 3.39. The van der Waals surface area contributed by atoms with Gasteiger partial charge in [0.1, 0.15) is 0 Å². The van der Waals surface area contributed by atoms with E-state index in [1.54, 1.807) is 12.1 Å². The van der Waals surface area contributed by atoms with E-state index in [-0.39, 0.29) is 34.8 Å². The fourth-order valence-corrected chi connectivity index (χ4v) is 4.14. The second-order valence-electron chi connectivity index (χ2n) is 6.92. The zero-order chi connectivity index (χ0) is 20.6. The summed E-state index contributed by atoms with van der Waals surface area (Å²) in [5.74, 6) is -0.564. The number of alkyl halides is 2. The van der Waals surface area contributed by atoms with Crippen molar-refractivity contribution in [3.05, 3.63) is 48.0 Å². The molecule has 2 aromatic carbocycles. The van der Waals surface area contributed by atoms with E-state index in [4.69, 9.17) is 0 Å². The molecule has 2 aliphatic rings. The highest BCUT2D eigenvalue weighted by Crippen LogP contribution is 2.42. The Morgan fingerprint density at radius 1 is 1.07 bits per heavy atom. The van der Waals surface area contributed by atoms with Crippen molar-refractivity contribution in [3.8, 4) is 11.5 Å². The van der Waals surface area contributed by atoms with Gasteiger partial charge in [0, 0.05) is 24.2 Å². The first kappa shape index (κ1) is 19.6. The van der Waals surface area contributed by atoms with Crippen molar-refractivity contribution in [2.75, 3.05) is 5.32 Å². The molecule has 7 nitrogen and oxygen atoms in total. The van der Waals surface area contributed by atoms with Crippen molar-refractivity contribution in [1.29, 1.82) is 0 Å². The van der Waals surface area contributed by atoms with Crippen LogP contribution >= 0.6 is 0 Å². The number of anilines is 1. The van der Waals surface area contributed by atoms with Crippen LogP contribution in [-0.2, 0) is 21.2 Å². The van der Waals surface area contributed by atoms with Gasteiger partial charge in [0.05, 0.1) is 4.90 Å². The number of halogens is 2. The van der Waals surface area contributed by atoms with Gasteiger partial charge in [0.25, 0.3) is 0 Å². The third-order valence-corrected chi connectivity index (χ3v) is 5.99. The lowest BCUT2D eigenvalue weighted by Gasteiger charge is -2.08. The molecule has 0 unspecified atom stereocenters. The number of ether oxygens (including phenoxy) is 2. The van der Waals surface area contributed by atoms with Crippen LogP contribution in [0.5, 0.6) is 11.5 Å². The number of benzene rings is 2. The van der Waals surface area contributed by atoms with Crippen LogP contribution in [0.3, 0.4) is 0 Å². The standard InChI is InChI=1S/C19H18F2N2O5S/c20-19(21)27-16-9-6-14(11-17(16)28-19)22-18(24)10-3-12-1-7-15(8-2-12)29(25,26)23-13-4-5-13/h1-2,6-9,11,13,23H,3-5,10H2,(H,22,24). The van der Waals surface area contributed by atoms with E-state index in [1.807, 2.05) is 0 Å². The van der Waals surface area contributed by atoms with Crippen molar-refractivity contribution in [3.63, 3.8) is 0 Å². The lowest BCUT2D eigenvalue weighted by atomic mass is 10.1. The molecule has 0 spiro atoms. The zero-order valence-corrected chi connectivity index (χ0v) is 16.0. The molecule has 29 heavy (non-hydrogen) atoms. The van der Waals surface area contributed by atoms with Crippen molar-refractivity contribution in [2.24, 2.45) is 0 Å². The normalized spacial score (nSPS) is 17.2. The molecule has 0 radical (unpaired) electrons. The predicted octanol–water partition coefficient (Wildman–Crippen LogP) is 3.02. The molecule has 1 aliphatic carbocycles. The molecular weight excluding hydrogens is 406 g/mol. The molecule has 1 amide bonds. The zero-order valence-electron chi connectivity index (χ0n) is 15.2. The number of aryl methyl sites for hydroxylation is 1. The molecule has 1 fully saturated rings. The molecule has 2 N–H and O–H groups in total. The summed E-state index contributed by atoms with van der Waals surface area (Å²) < 4.78 is 61.6. The first-order valence-corrected chi connectivity index (χ1v) is 10.5. The number of fused-ring (bicyclic) bond motifs is 1. The fourth-order valence-electron chi connectivity index (χ4n) is 2.83. The maximum Gasteiger partial charge on any atom is 0.586 e. The predicted molar refractivity (Wildman–Crippen MR) is 99.4 cm³/mol. The average molecular weight is 424 g/mol. The maximum absolute atomic E-state index is 13.0. The molecule has 2 aromatic rings. The van der Waals surface area contributed by atoms with Crippen LogP contribution in [0.1, 0.15) is 24.8 Å². The SMILES string of the molecule is O=C(CCc1ccc(S(=O)(=O)NC2CC2)cc1)Nc1ccc2c(c1)OC(F)(F)O2. The number of sulfonamides is 1. The second-order valence-corrected chi connectivity index (χ2v) is 8.63. The van der Waals surface area contributed by atoms with E-state index in [2.05, 4.69) is 19.5 Å². The van der Waals surface area contributed by atoms with Crippen LogP contribution in [0.15, 0.2) is 47.4 Å². The Hall–Kier alpha value is -2.72.